The number of hydrogen-bond acceptors (Lipinski definition) is 10. The van der Waals surface area contributed by atoms with E-state index in [4.69, 9.17) is 0 Å². The number of sulfone groups is 2. The third-order valence-electron chi connectivity index (χ3n) is 21.2. The fraction of sp³-hybridized carbons (Fsp3) is 0.0222. The van der Waals surface area contributed by atoms with Gasteiger partial charge in [0.15, 0.2) is 0 Å². The van der Waals surface area contributed by atoms with Gasteiger partial charge in [-0.3, -0.25) is 0 Å². The Labute approximate surface area is 606 Å². The molecule has 0 radical (unpaired) electrons. The van der Waals surface area contributed by atoms with Crippen molar-refractivity contribution in [3.05, 3.63) is 381 Å². The summed E-state index contributed by atoms with van der Waals surface area (Å²) in [6.07, 6.45) is 0. The van der Waals surface area contributed by atoms with Crippen LogP contribution in [0.2, 0.25) is 0 Å². The van der Waals surface area contributed by atoms with Gasteiger partial charge in [-0.05, 0) is 248 Å². The lowest BCUT2D eigenvalue weighted by Gasteiger charge is -2.44. The van der Waals surface area contributed by atoms with Gasteiger partial charge < -0.3 is 9.80 Å². The first-order valence-corrected chi connectivity index (χ1v) is 40.2. The van der Waals surface area contributed by atoms with Crippen LogP contribution in [0.1, 0.15) is 44.5 Å². The third-order valence-corrected chi connectivity index (χ3v) is 28.7. The first-order chi connectivity index (χ1) is 50.1. The van der Waals surface area contributed by atoms with Crippen molar-refractivity contribution in [2.24, 2.45) is 0 Å². The Kier molecular flexibility index (Phi) is 13.9. The van der Waals surface area contributed by atoms with Crippen LogP contribution < -0.4 is 9.80 Å². The molecule has 13 aromatic carbocycles. The monoisotopic (exact) mass is 1420 g/mol. The highest BCUT2D eigenvalue weighted by Crippen LogP contribution is 2.68. The molecule has 2 aliphatic carbocycles. The van der Waals surface area contributed by atoms with E-state index in [9.17, 15) is 16.8 Å². The zero-order valence-corrected chi connectivity index (χ0v) is 59.2. The Bertz CT molecular complexity index is 6360. The zero-order valence-electron chi connectivity index (χ0n) is 54.3. The maximum atomic E-state index is 14.1. The topological polar surface area (TPSA) is 74.8 Å². The van der Waals surface area contributed by atoms with E-state index in [1.54, 1.807) is 48.5 Å². The number of rotatable bonds is 8. The molecule has 21 rings (SSSR count). The average molecular weight is 1420 g/mol. The van der Waals surface area contributed by atoms with Gasteiger partial charge in [0.1, 0.15) is 0 Å². The summed E-state index contributed by atoms with van der Waals surface area (Å²) in [7, 11) is -7.50. The van der Waals surface area contributed by atoms with E-state index in [0.717, 1.165) is 83.3 Å². The Morgan fingerprint density at radius 3 is 0.941 bits per heavy atom. The molecule has 486 valence electrons. The van der Waals surface area contributed by atoms with E-state index >= 15 is 0 Å². The van der Waals surface area contributed by atoms with Crippen molar-refractivity contribution in [1.82, 2.24) is 0 Å². The molecular formula is C90H56N2O4S6. The fourth-order valence-corrected chi connectivity index (χ4v) is 23.5. The number of benzene rings is 13. The minimum Gasteiger partial charge on any atom is -0.310 e. The highest BCUT2D eigenvalue weighted by atomic mass is 32.2. The summed E-state index contributed by atoms with van der Waals surface area (Å²) in [5, 5.41) is 15.8. The summed E-state index contributed by atoms with van der Waals surface area (Å²) >= 11 is 7.27. The number of hydrogen-bond donors (Lipinski definition) is 0. The van der Waals surface area contributed by atoms with Crippen LogP contribution in [0.3, 0.4) is 0 Å². The molecule has 0 saturated heterocycles. The fourth-order valence-electron chi connectivity index (χ4n) is 16.8. The molecule has 0 fully saturated rings. The van der Waals surface area contributed by atoms with Crippen LogP contribution in [-0.4, -0.2) is 16.8 Å². The van der Waals surface area contributed by atoms with Crippen molar-refractivity contribution in [3.63, 3.8) is 0 Å². The second kappa shape index (κ2) is 23.2. The number of nitrogens with zero attached hydrogens (tertiary/aromatic N) is 2. The van der Waals surface area contributed by atoms with Gasteiger partial charge >= 0.3 is 0 Å². The number of thiophene rings is 4. The lowest BCUT2D eigenvalue weighted by molar-refractivity contribution is 0.594. The van der Waals surface area contributed by atoms with Gasteiger partial charge in [-0.2, -0.15) is 0 Å². The van der Waals surface area contributed by atoms with Gasteiger partial charge in [-0.15, -0.1) is 45.3 Å². The number of fused-ring (bicyclic) bond motifs is 21. The third kappa shape index (κ3) is 8.84. The molecule has 2 spiro atoms. The van der Waals surface area contributed by atoms with Crippen LogP contribution >= 0.6 is 45.3 Å². The maximum Gasteiger partial charge on any atom is 0.206 e. The Balaban J connectivity index is 0.000000137. The molecule has 17 aromatic rings. The van der Waals surface area contributed by atoms with Gasteiger partial charge in [0.2, 0.25) is 19.7 Å². The van der Waals surface area contributed by atoms with Gasteiger partial charge in [-0.1, -0.05) is 188 Å². The summed E-state index contributed by atoms with van der Waals surface area (Å²) in [5.41, 5.74) is 19.7. The van der Waals surface area contributed by atoms with Crippen LogP contribution in [0.25, 0.3) is 74.1 Å². The van der Waals surface area contributed by atoms with Crippen molar-refractivity contribution in [2.75, 3.05) is 9.80 Å². The van der Waals surface area contributed by atoms with E-state index in [0.29, 0.717) is 0 Å². The average Bonchev–Trinajstić information content (AvgIpc) is 1.49. The van der Waals surface area contributed by atoms with Crippen LogP contribution in [-0.2, 0) is 30.5 Å². The molecule has 0 unspecified atom stereocenters. The first kappa shape index (κ1) is 60.9. The van der Waals surface area contributed by atoms with E-state index in [1.807, 2.05) is 130 Å². The van der Waals surface area contributed by atoms with Crippen LogP contribution in [0.15, 0.2) is 357 Å². The van der Waals surface area contributed by atoms with Crippen molar-refractivity contribution in [2.45, 2.75) is 30.4 Å². The summed E-state index contributed by atoms with van der Waals surface area (Å²) in [5.74, 6) is 0. The Morgan fingerprint density at radius 2 is 0.549 bits per heavy atom. The predicted molar refractivity (Wildman–Crippen MR) is 423 cm³/mol. The molecular weight excluding hydrogens is 1370 g/mol. The van der Waals surface area contributed by atoms with Crippen LogP contribution in [0.5, 0.6) is 0 Å². The van der Waals surface area contributed by atoms with Gasteiger partial charge in [-0.25, -0.2) is 16.8 Å². The lowest BCUT2D eigenvalue weighted by atomic mass is 9.65. The van der Waals surface area contributed by atoms with Crippen molar-refractivity contribution >= 4 is 131 Å². The molecule has 0 N–H and O–H groups in total. The smallest absolute Gasteiger partial charge is 0.206 e. The quantitative estimate of drug-likeness (QED) is 0.151. The molecule has 4 aliphatic rings. The minimum atomic E-state index is -3.77. The highest BCUT2D eigenvalue weighted by Gasteiger charge is 2.55. The summed E-state index contributed by atoms with van der Waals surface area (Å²) in [6.45, 7) is 0. The molecule has 0 saturated carbocycles. The zero-order chi connectivity index (χ0) is 68.1. The second-order valence-corrected chi connectivity index (χ2v) is 33.8. The normalized spacial score (nSPS) is 14.0. The van der Waals surface area contributed by atoms with Crippen molar-refractivity contribution in [1.29, 1.82) is 0 Å². The maximum absolute atomic E-state index is 14.1. The lowest BCUT2D eigenvalue weighted by Crippen LogP contribution is -2.35. The van der Waals surface area contributed by atoms with E-state index in [2.05, 4.69) is 213 Å². The molecule has 2 aliphatic heterocycles. The van der Waals surface area contributed by atoms with Crippen LogP contribution in [0.4, 0.5) is 34.1 Å². The predicted octanol–water partition coefficient (Wildman–Crippen LogP) is 24.4. The first-order valence-electron chi connectivity index (χ1n) is 33.7. The molecule has 0 bridgehead atoms. The minimum absolute atomic E-state index is 0.265. The summed E-state index contributed by atoms with van der Waals surface area (Å²) < 4.78 is 56.0. The Hall–Kier alpha value is -11.1. The Morgan fingerprint density at radius 1 is 0.245 bits per heavy atom. The molecule has 0 amide bonds. The van der Waals surface area contributed by atoms with E-state index in [1.165, 1.54) is 69.4 Å². The molecule has 0 atom stereocenters. The molecule has 6 nitrogen and oxygen atoms in total. The standard InChI is InChI=1S/C47H29NO2S3.C43H27NO2S3/c49-53(50,35-20-16-31(17-21-35)38-13-7-11-30-8-3-4-12-37(30)38)36-22-18-34(19-23-36)48-43-15-6-5-14-39(43)47(40-24-26-51-45(40)46-41(47)25-27-52-46)42-28-32-9-1-2-10-33(32)29-44(42)48;45-49(46,31-20-16-29(17-21-31)34-11-7-9-28-8-1-2-10-33(28)34)32-22-18-30(19-23-32)44-39-14-5-3-12-35(39)43(36-13-4-6-15-40(36)44)37-24-26-47-41(37)42-38(43)25-27-48-42/h1-29H;1-27H. The van der Waals surface area contributed by atoms with Crippen molar-refractivity contribution in [3.8, 4) is 41.8 Å². The van der Waals surface area contributed by atoms with Gasteiger partial charge in [0.05, 0.1) is 53.2 Å². The van der Waals surface area contributed by atoms with Gasteiger partial charge in [0, 0.05) is 30.9 Å². The molecule has 12 heteroatoms. The largest absolute Gasteiger partial charge is 0.310 e. The van der Waals surface area contributed by atoms with E-state index < -0.39 is 30.5 Å². The van der Waals surface area contributed by atoms with E-state index in [-0.39, 0.29) is 19.6 Å². The van der Waals surface area contributed by atoms with Crippen LogP contribution in [0, 0.1) is 0 Å². The molecule has 6 heterocycles. The van der Waals surface area contributed by atoms with Crippen molar-refractivity contribution < 1.29 is 16.8 Å². The summed E-state index contributed by atoms with van der Waals surface area (Å²) in [4.78, 5) is 11.1. The number of para-hydroxylation sites is 3. The second-order valence-electron chi connectivity index (χ2n) is 26.2. The summed E-state index contributed by atoms with van der Waals surface area (Å²) in [6, 6.07) is 107. The SMILES string of the molecule is O=S(=O)(c1ccc(-c2cccc3ccccc23)cc1)c1ccc(N2c3ccccc3C3(c4cc5ccccc5cc42)c2ccsc2-c2sccc23)cc1.O=S(=O)(c1ccc(-c2cccc3ccccc23)cc1)c1ccc(N2c3ccccc3C3(c4ccccc42)c2ccsc2-c2sccc23)cc1. The molecule has 4 aromatic heterocycles. The highest BCUT2D eigenvalue weighted by molar-refractivity contribution is 7.91. The number of anilines is 6. The molecule has 102 heavy (non-hydrogen) atoms. The van der Waals surface area contributed by atoms with Gasteiger partial charge in [0.25, 0.3) is 0 Å².